The van der Waals surface area contributed by atoms with E-state index >= 15 is 0 Å². The highest BCUT2D eigenvalue weighted by atomic mass is 35.5. The second-order valence-electron chi connectivity index (χ2n) is 4.19. The highest BCUT2D eigenvalue weighted by molar-refractivity contribution is 8.00. The van der Waals surface area contributed by atoms with Crippen molar-refractivity contribution in [3.05, 3.63) is 22.8 Å². The lowest BCUT2D eigenvalue weighted by Gasteiger charge is -2.20. The lowest BCUT2D eigenvalue weighted by atomic mass is 10.0. The summed E-state index contributed by atoms with van der Waals surface area (Å²) in [7, 11) is 0. The number of nitrogens with zero attached hydrogens (tertiary/aromatic N) is 1. The first-order valence-corrected chi connectivity index (χ1v) is 6.98. The predicted molar refractivity (Wildman–Crippen MR) is 68.9 cm³/mol. The fourth-order valence-corrected chi connectivity index (χ4v) is 3.44. The number of carbonyl (C=O) groups is 1. The number of aromatic carboxylic acids is 1. The molecular weight excluding hydrogens is 258 g/mol. The Morgan fingerprint density at radius 2 is 2.12 bits per heavy atom. The van der Waals surface area contributed by atoms with Crippen LogP contribution < -0.4 is 0 Å². The molecule has 0 bridgehead atoms. The molecule has 0 spiro atoms. The number of halogens is 1. The highest BCUT2D eigenvalue weighted by Crippen LogP contribution is 2.35. The van der Waals surface area contributed by atoms with Gasteiger partial charge in [-0.15, -0.1) is 11.8 Å². The summed E-state index contributed by atoms with van der Waals surface area (Å²) in [6.07, 6.45) is 7.62. The van der Waals surface area contributed by atoms with Gasteiger partial charge in [-0.05, 0) is 18.9 Å². The van der Waals surface area contributed by atoms with Gasteiger partial charge in [0, 0.05) is 11.4 Å². The van der Waals surface area contributed by atoms with Gasteiger partial charge in [-0.25, -0.2) is 9.78 Å². The zero-order valence-corrected chi connectivity index (χ0v) is 10.9. The van der Waals surface area contributed by atoms with Crippen LogP contribution in [0.25, 0.3) is 0 Å². The van der Waals surface area contributed by atoms with Crippen LogP contribution in [-0.2, 0) is 0 Å². The summed E-state index contributed by atoms with van der Waals surface area (Å²) in [4.78, 5) is 14.9. The minimum atomic E-state index is -0.992. The van der Waals surface area contributed by atoms with Gasteiger partial charge < -0.3 is 5.11 Å². The first-order valence-electron chi connectivity index (χ1n) is 5.72. The van der Waals surface area contributed by atoms with Crippen LogP contribution >= 0.6 is 23.4 Å². The van der Waals surface area contributed by atoms with Gasteiger partial charge in [0.1, 0.15) is 5.03 Å². The lowest BCUT2D eigenvalue weighted by molar-refractivity contribution is 0.0696. The van der Waals surface area contributed by atoms with Gasteiger partial charge in [-0.2, -0.15) is 0 Å². The zero-order chi connectivity index (χ0) is 12.3. The van der Waals surface area contributed by atoms with E-state index in [1.165, 1.54) is 44.4 Å². The molecule has 1 aromatic rings. The Morgan fingerprint density at radius 3 is 2.71 bits per heavy atom. The summed E-state index contributed by atoms with van der Waals surface area (Å²) >= 11 is 7.72. The molecule has 1 aliphatic rings. The average molecular weight is 272 g/mol. The van der Waals surface area contributed by atoms with E-state index in [0.29, 0.717) is 10.3 Å². The Morgan fingerprint density at radius 1 is 1.41 bits per heavy atom. The third-order valence-electron chi connectivity index (χ3n) is 2.88. The van der Waals surface area contributed by atoms with E-state index < -0.39 is 5.97 Å². The minimum Gasteiger partial charge on any atom is -0.478 e. The third kappa shape index (κ3) is 3.36. The Hall–Kier alpha value is -0.740. The molecule has 92 valence electrons. The van der Waals surface area contributed by atoms with Crippen molar-refractivity contribution in [1.29, 1.82) is 0 Å². The van der Waals surface area contributed by atoms with Gasteiger partial charge in [0.15, 0.2) is 0 Å². The molecule has 0 atom stereocenters. The average Bonchev–Trinajstić information content (AvgIpc) is 2.33. The molecule has 0 aliphatic heterocycles. The van der Waals surface area contributed by atoms with E-state index in [9.17, 15) is 4.79 Å². The third-order valence-corrected chi connectivity index (χ3v) is 4.64. The Bertz CT molecular complexity index is 419. The van der Waals surface area contributed by atoms with Gasteiger partial charge in [0.2, 0.25) is 0 Å². The monoisotopic (exact) mass is 271 g/mol. The van der Waals surface area contributed by atoms with Crippen molar-refractivity contribution in [2.24, 2.45) is 0 Å². The molecule has 1 aliphatic carbocycles. The summed E-state index contributed by atoms with van der Waals surface area (Å²) in [5.41, 5.74) is 0.142. The lowest BCUT2D eigenvalue weighted by Crippen LogP contribution is -2.08. The predicted octanol–water partition coefficient (Wildman–Crippen LogP) is 3.86. The van der Waals surface area contributed by atoms with Crippen LogP contribution in [0.1, 0.15) is 42.5 Å². The van der Waals surface area contributed by atoms with Crippen molar-refractivity contribution in [3.63, 3.8) is 0 Å². The molecule has 1 fully saturated rings. The summed E-state index contributed by atoms with van der Waals surface area (Å²) in [6.45, 7) is 0. The first kappa shape index (κ1) is 12.7. The molecule has 0 amide bonds. The van der Waals surface area contributed by atoms with Crippen LogP contribution in [0, 0.1) is 0 Å². The van der Waals surface area contributed by atoms with Gasteiger partial charge >= 0.3 is 5.97 Å². The maximum absolute atomic E-state index is 10.7. The molecule has 1 saturated carbocycles. The maximum Gasteiger partial charge on any atom is 0.337 e. The summed E-state index contributed by atoms with van der Waals surface area (Å²) in [5, 5.41) is 10.6. The minimum absolute atomic E-state index is 0.142. The number of carboxylic acids is 1. The molecule has 0 unspecified atom stereocenters. The number of rotatable bonds is 3. The van der Waals surface area contributed by atoms with Crippen LogP contribution in [0.15, 0.2) is 17.3 Å². The zero-order valence-electron chi connectivity index (χ0n) is 9.36. The molecule has 0 aromatic carbocycles. The maximum atomic E-state index is 10.7. The summed E-state index contributed by atoms with van der Waals surface area (Å²) < 4.78 is 0. The van der Waals surface area contributed by atoms with Crippen LogP contribution in [0.2, 0.25) is 5.02 Å². The summed E-state index contributed by atoms with van der Waals surface area (Å²) in [5.74, 6) is -0.992. The SMILES string of the molecule is O=C(O)c1cnc(SC2CCCCC2)c(Cl)c1. The molecule has 3 nitrogen and oxygen atoms in total. The molecule has 1 heterocycles. The molecule has 0 saturated heterocycles. The normalized spacial score (nSPS) is 17.0. The van der Waals surface area contributed by atoms with Crippen molar-refractivity contribution in [2.75, 3.05) is 0 Å². The van der Waals surface area contributed by atoms with Crippen molar-refractivity contribution < 1.29 is 9.90 Å². The fourth-order valence-electron chi connectivity index (χ4n) is 1.97. The van der Waals surface area contributed by atoms with Crippen LogP contribution in [0.4, 0.5) is 0 Å². The van der Waals surface area contributed by atoms with Gasteiger partial charge in [-0.3, -0.25) is 0 Å². The second kappa shape index (κ2) is 5.74. The number of thioether (sulfide) groups is 1. The number of hydrogen-bond donors (Lipinski definition) is 1. The van der Waals surface area contributed by atoms with E-state index in [2.05, 4.69) is 4.98 Å². The Balaban J connectivity index is 2.08. The molecular formula is C12H14ClNO2S. The van der Waals surface area contributed by atoms with Gasteiger partial charge in [0.05, 0.1) is 10.6 Å². The van der Waals surface area contributed by atoms with E-state index in [1.807, 2.05) is 0 Å². The van der Waals surface area contributed by atoms with Crippen molar-refractivity contribution in [2.45, 2.75) is 42.4 Å². The second-order valence-corrected chi connectivity index (χ2v) is 5.89. The van der Waals surface area contributed by atoms with Crippen molar-refractivity contribution in [1.82, 2.24) is 4.98 Å². The number of carboxylic acid groups (broad SMARTS) is 1. The fraction of sp³-hybridized carbons (Fsp3) is 0.500. The molecule has 17 heavy (non-hydrogen) atoms. The van der Waals surface area contributed by atoms with Crippen LogP contribution in [-0.4, -0.2) is 21.3 Å². The quantitative estimate of drug-likeness (QED) is 0.907. The largest absolute Gasteiger partial charge is 0.478 e. The number of hydrogen-bond acceptors (Lipinski definition) is 3. The number of aromatic nitrogens is 1. The Kier molecular flexibility index (Phi) is 4.29. The van der Waals surface area contributed by atoms with Gasteiger partial charge in [-0.1, -0.05) is 30.9 Å². The molecule has 5 heteroatoms. The van der Waals surface area contributed by atoms with Crippen molar-refractivity contribution in [3.8, 4) is 0 Å². The first-order chi connectivity index (χ1) is 8.16. The van der Waals surface area contributed by atoms with Crippen LogP contribution in [0.3, 0.4) is 0 Å². The standard InChI is InChI=1S/C12H14ClNO2S/c13-10-6-8(12(15)16)7-14-11(10)17-9-4-2-1-3-5-9/h6-7,9H,1-5H2,(H,15,16). The summed E-state index contributed by atoms with van der Waals surface area (Å²) in [6, 6.07) is 1.47. The molecule has 1 N–H and O–H groups in total. The smallest absolute Gasteiger partial charge is 0.337 e. The van der Waals surface area contributed by atoms with E-state index in [0.717, 1.165) is 5.03 Å². The van der Waals surface area contributed by atoms with E-state index in [-0.39, 0.29) is 5.56 Å². The van der Waals surface area contributed by atoms with E-state index in [1.54, 1.807) is 11.8 Å². The Labute approximate surface area is 110 Å². The molecule has 0 radical (unpaired) electrons. The van der Waals surface area contributed by atoms with Gasteiger partial charge in [0.25, 0.3) is 0 Å². The van der Waals surface area contributed by atoms with Crippen LogP contribution in [0.5, 0.6) is 0 Å². The number of pyridine rings is 1. The topological polar surface area (TPSA) is 50.2 Å². The molecule has 1 aromatic heterocycles. The highest BCUT2D eigenvalue weighted by Gasteiger charge is 2.17. The van der Waals surface area contributed by atoms with E-state index in [4.69, 9.17) is 16.7 Å². The van der Waals surface area contributed by atoms with Crippen molar-refractivity contribution >= 4 is 29.3 Å². The molecule has 2 rings (SSSR count).